The van der Waals surface area contributed by atoms with Crippen molar-refractivity contribution in [3.63, 3.8) is 0 Å². The number of nitrogens with two attached hydrogens (primary N) is 1. The van der Waals surface area contributed by atoms with Crippen molar-refractivity contribution < 1.29 is 19.5 Å². The van der Waals surface area contributed by atoms with E-state index in [1.165, 1.54) is 18.4 Å². The molecule has 2 amide bonds. The normalized spacial score (nSPS) is 27.2. The largest absolute Gasteiger partial charge is 0.481 e. The van der Waals surface area contributed by atoms with E-state index in [2.05, 4.69) is 5.32 Å². The lowest BCUT2D eigenvalue weighted by Crippen LogP contribution is -2.39. The molecule has 7 nitrogen and oxygen atoms in total. The van der Waals surface area contributed by atoms with Crippen LogP contribution in [0.1, 0.15) is 69.3 Å². The second kappa shape index (κ2) is 8.73. The zero-order valence-electron chi connectivity index (χ0n) is 16.1. The Morgan fingerprint density at radius 2 is 1.54 bits per heavy atom. The van der Waals surface area contributed by atoms with E-state index in [0.717, 1.165) is 38.5 Å². The number of hydrogen-bond acceptors (Lipinski definition) is 4. The molecule has 28 heavy (non-hydrogen) atoms. The van der Waals surface area contributed by atoms with Gasteiger partial charge in [0.25, 0.3) is 0 Å². The van der Waals surface area contributed by atoms with Crippen molar-refractivity contribution in [1.29, 1.82) is 0 Å². The van der Waals surface area contributed by atoms with Gasteiger partial charge in [-0.05, 0) is 86.3 Å². The molecule has 3 rings (SSSR count). The molecule has 152 valence electrons. The van der Waals surface area contributed by atoms with Crippen LogP contribution < -0.4 is 16.6 Å². The molecule has 2 aliphatic carbocycles. The van der Waals surface area contributed by atoms with Gasteiger partial charge in [0.05, 0.1) is 0 Å². The summed E-state index contributed by atoms with van der Waals surface area (Å²) in [6, 6.07) is 7.67. The number of rotatable bonds is 4. The van der Waals surface area contributed by atoms with E-state index < -0.39 is 17.8 Å². The molecular weight excluding hydrogens is 358 g/mol. The predicted molar refractivity (Wildman–Crippen MR) is 105 cm³/mol. The molecule has 0 heterocycles. The van der Waals surface area contributed by atoms with Gasteiger partial charge in [0.2, 0.25) is 0 Å². The quantitative estimate of drug-likeness (QED) is 0.274. The van der Waals surface area contributed by atoms with Gasteiger partial charge in [-0.25, -0.2) is 5.84 Å². The van der Waals surface area contributed by atoms with Crippen molar-refractivity contribution in [2.75, 3.05) is 5.32 Å². The zero-order valence-corrected chi connectivity index (χ0v) is 16.1. The standard InChI is InChI=1S/C21H29N3O4/c22-24-20(28)19(27)23-17-3-1-15(2-4-17)16-7-11-21(12-8-16)9-5-14(6-10-21)13-18(25)26/h1-4,14,16H,5-13,22H2,(H,23,27)(H,24,28)(H,25,26). The summed E-state index contributed by atoms with van der Waals surface area (Å²) < 4.78 is 0. The first-order valence-corrected chi connectivity index (χ1v) is 10.0. The number of nitrogens with one attached hydrogen (secondary N) is 2. The lowest BCUT2D eigenvalue weighted by molar-refractivity contribution is -0.138. The van der Waals surface area contributed by atoms with Gasteiger partial charge >= 0.3 is 17.8 Å². The maximum absolute atomic E-state index is 11.5. The minimum Gasteiger partial charge on any atom is -0.481 e. The van der Waals surface area contributed by atoms with Gasteiger partial charge in [0.1, 0.15) is 0 Å². The third kappa shape index (κ3) is 4.90. The van der Waals surface area contributed by atoms with Gasteiger partial charge in [0.15, 0.2) is 0 Å². The van der Waals surface area contributed by atoms with Crippen LogP contribution in [0, 0.1) is 11.3 Å². The molecule has 0 bridgehead atoms. The first-order valence-electron chi connectivity index (χ1n) is 10.0. The minimum absolute atomic E-state index is 0.314. The van der Waals surface area contributed by atoms with E-state index >= 15 is 0 Å². The highest BCUT2D eigenvalue weighted by Crippen LogP contribution is 2.52. The molecule has 0 atom stereocenters. The fraction of sp³-hybridized carbons (Fsp3) is 0.571. The summed E-state index contributed by atoms with van der Waals surface area (Å²) in [6.07, 6.45) is 9.41. The Bertz CT molecular complexity index is 714. The lowest BCUT2D eigenvalue weighted by Gasteiger charge is -2.45. The summed E-state index contributed by atoms with van der Waals surface area (Å²) in [5.41, 5.74) is 4.05. The fourth-order valence-electron chi connectivity index (χ4n) is 4.90. The number of aliphatic carboxylic acids is 1. The van der Waals surface area contributed by atoms with E-state index in [1.807, 2.05) is 29.7 Å². The lowest BCUT2D eigenvalue weighted by atomic mass is 9.60. The predicted octanol–water partition coefficient (Wildman–Crippen LogP) is 2.92. The Morgan fingerprint density at radius 3 is 2.07 bits per heavy atom. The summed E-state index contributed by atoms with van der Waals surface area (Å²) in [7, 11) is 0. The van der Waals surface area contributed by atoms with Crippen molar-refractivity contribution >= 4 is 23.5 Å². The molecule has 5 N–H and O–H groups in total. The summed E-state index contributed by atoms with van der Waals surface area (Å²) in [6.45, 7) is 0. The van der Waals surface area contributed by atoms with Gasteiger partial charge < -0.3 is 10.4 Å². The van der Waals surface area contributed by atoms with Gasteiger partial charge in [-0.1, -0.05) is 12.1 Å². The maximum atomic E-state index is 11.5. The van der Waals surface area contributed by atoms with Crippen LogP contribution in [0.2, 0.25) is 0 Å². The number of hydrogen-bond donors (Lipinski definition) is 4. The molecular formula is C21H29N3O4. The van der Waals surface area contributed by atoms with Crippen LogP contribution in [0.4, 0.5) is 5.69 Å². The van der Waals surface area contributed by atoms with Gasteiger partial charge in [-0.2, -0.15) is 0 Å². The second-order valence-corrected chi connectivity index (χ2v) is 8.37. The summed E-state index contributed by atoms with van der Waals surface area (Å²) in [4.78, 5) is 33.6. The van der Waals surface area contributed by atoms with Gasteiger partial charge in [-0.15, -0.1) is 0 Å². The highest BCUT2D eigenvalue weighted by atomic mass is 16.4. The zero-order chi connectivity index (χ0) is 20.1. The van der Waals surface area contributed by atoms with Gasteiger partial charge in [-0.3, -0.25) is 19.8 Å². The third-order valence-corrected chi connectivity index (χ3v) is 6.65. The van der Waals surface area contributed by atoms with E-state index in [9.17, 15) is 14.4 Å². The molecule has 0 aromatic heterocycles. The maximum Gasteiger partial charge on any atom is 0.323 e. The minimum atomic E-state index is -0.875. The molecule has 7 heteroatoms. The number of carboxylic acids is 1. The topological polar surface area (TPSA) is 122 Å². The number of carboxylic acid groups (broad SMARTS) is 1. The molecule has 1 aromatic rings. The average molecular weight is 387 g/mol. The molecule has 2 fully saturated rings. The van der Waals surface area contributed by atoms with Crippen LogP contribution in [0.5, 0.6) is 0 Å². The SMILES string of the molecule is NNC(=O)C(=O)Nc1ccc(C2CCC3(CCC(CC(=O)O)CC3)CC2)cc1. The average Bonchev–Trinajstić information content (AvgIpc) is 2.70. The van der Waals surface area contributed by atoms with Crippen LogP contribution in [-0.4, -0.2) is 22.9 Å². The molecule has 2 saturated carbocycles. The highest BCUT2D eigenvalue weighted by molar-refractivity contribution is 6.39. The number of benzene rings is 1. The number of amides is 2. The van der Waals surface area contributed by atoms with Crippen LogP contribution in [-0.2, 0) is 14.4 Å². The van der Waals surface area contributed by atoms with Crippen molar-refractivity contribution in [2.24, 2.45) is 17.2 Å². The van der Waals surface area contributed by atoms with E-state index in [-0.39, 0.29) is 0 Å². The summed E-state index contributed by atoms with van der Waals surface area (Å²) >= 11 is 0. The Hall–Kier alpha value is -2.41. The summed E-state index contributed by atoms with van der Waals surface area (Å²) in [5, 5.41) is 11.5. The summed E-state index contributed by atoms with van der Waals surface area (Å²) in [5.74, 6) is 3.48. The Labute approximate surface area is 165 Å². The molecule has 1 aromatic carbocycles. The Morgan fingerprint density at radius 1 is 0.964 bits per heavy atom. The first kappa shape index (κ1) is 20.3. The van der Waals surface area contributed by atoms with Gasteiger partial charge in [0, 0.05) is 12.1 Å². The van der Waals surface area contributed by atoms with Crippen LogP contribution in [0.25, 0.3) is 0 Å². The number of anilines is 1. The van der Waals surface area contributed by atoms with Crippen molar-refractivity contribution in [3.8, 4) is 0 Å². The molecule has 1 spiro atoms. The van der Waals surface area contributed by atoms with E-state index in [0.29, 0.717) is 29.4 Å². The number of carbonyl (C=O) groups excluding carboxylic acids is 2. The molecule has 2 aliphatic rings. The fourth-order valence-corrected chi connectivity index (χ4v) is 4.90. The molecule has 0 aliphatic heterocycles. The highest BCUT2D eigenvalue weighted by Gasteiger charge is 2.39. The first-order chi connectivity index (χ1) is 13.4. The second-order valence-electron chi connectivity index (χ2n) is 8.37. The third-order valence-electron chi connectivity index (χ3n) is 6.65. The number of hydrazine groups is 1. The Balaban J connectivity index is 1.50. The molecule has 0 unspecified atom stereocenters. The van der Waals surface area contributed by atoms with Crippen LogP contribution >= 0.6 is 0 Å². The van der Waals surface area contributed by atoms with Crippen LogP contribution in [0.3, 0.4) is 0 Å². The monoisotopic (exact) mass is 387 g/mol. The van der Waals surface area contributed by atoms with Crippen molar-refractivity contribution in [2.45, 2.75) is 63.7 Å². The number of carbonyl (C=O) groups is 3. The van der Waals surface area contributed by atoms with Crippen LogP contribution in [0.15, 0.2) is 24.3 Å². The van der Waals surface area contributed by atoms with E-state index in [1.54, 1.807) is 0 Å². The van der Waals surface area contributed by atoms with Crippen molar-refractivity contribution in [1.82, 2.24) is 5.43 Å². The van der Waals surface area contributed by atoms with Crippen molar-refractivity contribution in [3.05, 3.63) is 29.8 Å². The smallest absolute Gasteiger partial charge is 0.323 e. The molecule has 0 saturated heterocycles. The van der Waals surface area contributed by atoms with E-state index in [4.69, 9.17) is 10.9 Å². The molecule has 0 radical (unpaired) electrons. The Kier molecular flexibility index (Phi) is 6.34.